The topological polar surface area (TPSA) is 37.8 Å². The lowest BCUT2D eigenvalue weighted by atomic mass is 10.3. The second-order valence-electron chi connectivity index (χ2n) is 3.44. The zero-order valence-corrected chi connectivity index (χ0v) is 10.8. The summed E-state index contributed by atoms with van der Waals surface area (Å²) in [6.45, 7) is 8.65. The van der Waals surface area contributed by atoms with Gasteiger partial charge < -0.3 is 5.32 Å². The van der Waals surface area contributed by atoms with E-state index in [1.807, 2.05) is 30.8 Å². The Balaban J connectivity index is 2.41. The van der Waals surface area contributed by atoms with Gasteiger partial charge >= 0.3 is 0 Å². The van der Waals surface area contributed by atoms with E-state index in [0.717, 1.165) is 41.8 Å². The van der Waals surface area contributed by atoms with Gasteiger partial charge in [-0.2, -0.15) is 11.8 Å². The smallest absolute Gasteiger partial charge is 0.129 e. The fraction of sp³-hybridized carbons (Fsp3) is 0.500. The number of nitrogens with zero attached hydrogens (tertiary/aromatic N) is 2. The summed E-state index contributed by atoms with van der Waals surface area (Å²) in [5.74, 6) is 3.84. The molecule has 1 heterocycles. The van der Waals surface area contributed by atoms with Crippen LogP contribution >= 0.6 is 11.8 Å². The highest BCUT2D eigenvalue weighted by atomic mass is 32.2. The molecule has 1 rings (SSSR count). The predicted molar refractivity (Wildman–Crippen MR) is 72.2 cm³/mol. The lowest BCUT2D eigenvalue weighted by Crippen LogP contribution is -2.08. The van der Waals surface area contributed by atoms with Gasteiger partial charge in [-0.25, -0.2) is 9.97 Å². The van der Waals surface area contributed by atoms with Crippen molar-refractivity contribution in [3.63, 3.8) is 0 Å². The number of rotatable bonds is 7. The van der Waals surface area contributed by atoms with Gasteiger partial charge in [-0.15, -0.1) is 6.58 Å². The summed E-state index contributed by atoms with van der Waals surface area (Å²) in [5.41, 5.74) is 1.09. The zero-order chi connectivity index (χ0) is 11.8. The maximum absolute atomic E-state index is 4.35. The minimum Gasteiger partial charge on any atom is -0.369 e. The fourth-order valence-electron chi connectivity index (χ4n) is 1.32. The lowest BCUT2D eigenvalue weighted by molar-refractivity contribution is 0.946. The molecule has 0 atom stereocenters. The summed E-state index contributed by atoms with van der Waals surface area (Å²) in [6.07, 6.45) is 2.87. The quantitative estimate of drug-likeness (QED) is 0.584. The number of hydrogen-bond acceptors (Lipinski definition) is 4. The molecule has 0 amide bonds. The standard InChI is InChI=1S/C12H19N3S/c1-4-7-16-8-6-13-12-9-11(5-2)14-10(3)15-12/h4,9H,1,5-8H2,2-3H3,(H,13,14,15). The van der Waals surface area contributed by atoms with Crippen LogP contribution in [0, 0.1) is 6.92 Å². The Labute approximate surface area is 102 Å². The van der Waals surface area contributed by atoms with Gasteiger partial charge in [-0.3, -0.25) is 0 Å². The van der Waals surface area contributed by atoms with Crippen molar-refractivity contribution in [2.75, 3.05) is 23.4 Å². The maximum Gasteiger partial charge on any atom is 0.129 e. The van der Waals surface area contributed by atoms with Gasteiger partial charge in [0.1, 0.15) is 11.6 Å². The van der Waals surface area contributed by atoms with E-state index in [-0.39, 0.29) is 0 Å². The van der Waals surface area contributed by atoms with E-state index >= 15 is 0 Å². The second-order valence-corrected chi connectivity index (χ2v) is 4.59. The van der Waals surface area contributed by atoms with Crippen molar-refractivity contribution in [1.82, 2.24) is 9.97 Å². The Morgan fingerprint density at radius 2 is 2.31 bits per heavy atom. The molecular formula is C12H19N3S. The minimum atomic E-state index is 0.834. The highest BCUT2D eigenvalue weighted by Crippen LogP contribution is 2.07. The number of anilines is 1. The molecule has 0 bridgehead atoms. The van der Waals surface area contributed by atoms with Crippen LogP contribution in [0.25, 0.3) is 0 Å². The first-order chi connectivity index (χ1) is 7.76. The van der Waals surface area contributed by atoms with Crippen molar-refractivity contribution < 1.29 is 0 Å². The van der Waals surface area contributed by atoms with Gasteiger partial charge in [0, 0.05) is 29.8 Å². The number of thioether (sulfide) groups is 1. The van der Waals surface area contributed by atoms with Crippen LogP contribution in [0.4, 0.5) is 5.82 Å². The molecule has 0 aliphatic heterocycles. The Morgan fingerprint density at radius 1 is 1.50 bits per heavy atom. The van der Waals surface area contributed by atoms with E-state index in [0.29, 0.717) is 0 Å². The predicted octanol–water partition coefficient (Wildman–Crippen LogP) is 2.68. The van der Waals surface area contributed by atoms with Crippen LogP contribution in [-0.4, -0.2) is 28.0 Å². The first-order valence-electron chi connectivity index (χ1n) is 5.53. The van der Waals surface area contributed by atoms with Crippen LogP contribution in [-0.2, 0) is 6.42 Å². The van der Waals surface area contributed by atoms with Crippen molar-refractivity contribution in [3.05, 3.63) is 30.2 Å². The number of aromatic nitrogens is 2. The van der Waals surface area contributed by atoms with Gasteiger partial charge in [0.15, 0.2) is 0 Å². The van der Waals surface area contributed by atoms with Crippen molar-refractivity contribution in [2.45, 2.75) is 20.3 Å². The third kappa shape index (κ3) is 4.66. The molecule has 0 aliphatic rings. The summed E-state index contributed by atoms with van der Waals surface area (Å²) in [5, 5.41) is 3.31. The number of hydrogen-bond donors (Lipinski definition) is 1. The first kappa shape index (κ1) is 13.0. The van der Waals surface area contributed by atoms with E-state index in [2.05, 4.69) is 28.8 Å². The zero-order valence-electron chi connectivity index (χ0n) is 9.99. The maximum atomic E-state index is 4.35. The van der Waals surface area contributed by atoms with E-state index in [4.69, 9.17) is 0 Å². The molecule has 0 aromatic carbocycles. The van der Waals surface area contributed by atoms with E-state index in [9.17, 15) is 0 Å². The summed E-state index contributed by atoms with van der Waals surface area (Å²) in [6, 6.07) is 2.02. The molecule has 16 heavy (non-hydrogen) atoms. The van der Waals surface area contributed by atoms with Crippen molar-refractivity contribution in [3.8, 4) is 0 Å². The molecule has 3 nitrogen and oxygen atoms in total. The van der Waals surface area contributed by atoms with E-state index in [1.54, 1.807) is 0 Å². The van der Waals surface area contributed by atoms with Crippen LogP contribution < -0.4 is 5.32 Å². The van der Waals surface area contributed by atoms with E-state index < -0.39 is 0 Å². The lowest BCUT2D eigenvalue weighted by Gasteiger charge is -2.07. The molecular weight excluding hydrogens is 218 g/mol. The number of nitrogens with one attached hydrogen (secondary N) is 1. The summed E-state index contributed by atoms with van der Waals surface area (Å²) in [7, 11) is 0. The summed E-state index contributed by atoms with van der Waals surface area (Å²) >= 11 is 1.86. The monoisotopic (exact) mass is 237 g/mol. The van der Waals surface area contributed by atoms with Gasteiger partial charge in [-0.1, -0.05) is 13.0 Å². The second kappa shape index (κ2) is 7.28. The van der Waals surface area contributed by atoms with Crippen molar-refractivity contribution in [2.24, 2.45) is 0 Å². The molecule has 1 N–H and O–H groups in total. The molecule has 0 radical (unpaired) electrons. The molecule has 4 heteroatoms. The van der Waals surface area contributed by atoms with Crippen molar-refractivity contribution in [1.29, 1.82) is 0 Å². The molecule has 0 unspecified atom stereocenters. The van der Waals surface area contributed by atoms with Gasteiger partial charge in [0.2, 0.25) is 0 Å². The molecule has 0 saturated heterocycles. The highest BCUT2D eigenvalue weighted by molar-refractivity contribution is 7.99. The number of aryl methyl sites for hydroxylation is 2. The normalized spacial score (nSPS) is 10.1. The highest BCUT2D eigenvalue weighted by Gasteiger charge is 1.99. The molecule has 1 aromatic heterocycles. The summed E-state index contributed by atoms with van der Waals surface area (Å²) < 4.78 is 0. The molecule has 0 saturated carbocycles. The van der Waals surface area contributed by atoms with Crippen LogP contribution in [0.15, 0.2) is 18.7 Å². The SMILES string of the molecule is C=CCSCCNc1cc(CC)nc(C)n1. The Morgan fingerprint density at radius 3 is 3.00 bits per heavy atom. The largest absolute Gasteiger partial charge is 0.369 e. The Kier molecular flexibility index (Phi) is 5.93. The van der Waals surface area contributed by atoms with Gasteiger partial charge in [0.25, 0.3) is 0 Å². The molecule has 0 aliphatic carbocycles. The average molecular weight is 237 g/mol. The Hall–Kier alpha value is -1.03. The van der Waals surface area contributed by atoms with Gasteiger partial charge in [-0.05, 0) is 13.3 Å². The molecule has 0 spiro atoms. The first-order valence-corrected chi connectivity index (χ1v) is 6.68. The van der Waals surface area contributed by atoms with Crippen LogP contribution in [0.5, 0.6) is 0 Å². The molecule has 88 valence electrons. The third-order valence-corrected chi connectivity index (χ3v) is 3.01. The van der Waals surface area contributed by atoms with Crippen molar-refractivity contribution >= 4 is 17.6 Å². The van der Waals surface area contributed by atoms with Crippen LogP contribution in [0.2, 0.25) is 0 Å². The van der Waals surface area contributed by atoms with Gasteiger partial charge in [0.05, 0.1) is 0 Å². The van der Waals surface area contributed by atoms with E-state index in [1.165, 1.54) is 0 Å². The minimum absolute atomic E-state index is 0.834. The molecule has 1 aromatic rings. The fourth-order valence-corrected chi connectivity index (χ4v) is 1.90. The van der Waals surface area contributed by atoms with Crippen LogP contribution in [0.1, 0.15) is 18.4 Å². The van der Waals surface area contributed by atoms with Crippen LogP contribution in [0.3, 0.4) is 0 Å². The summed E-state index contributed by atoms with van der Waals surface area (Å²) in [4.78, 5) is 8.69. The Bertz CT molecular complexity index is 339. The third-order valence-electron chi connectivity index (χ3n) is 2.04. The molecule has 0 fully saturated rings. The average Bonchev–Trinajstić information content (AvgIpc) is 2.28.